The van der Waals surface area contributed by atoms with Gasteiger partial charge in [0.1, 0.15) is 6.61 Å². The second-order valence-corrected chi connectivity index (χ2v) is 8.85. The van der Waals surface area contributed by atoms with E-state index in [1.54, 1.807) is 19.2 Å². The minimum Gasteiger partial charge on any atom is -0.493 e. The zero-order valence-electron chi connectivity index (χ0n) is 16.1. The van der Waals surface area contributed by atoms with Crippen LogP contribution in [0.1, 0.15) is 23.2 Å². The maximum atomic E-state index is 12.7. The molecule has 1 N–H and O–H groups in total. The number of amides is 1. The molecule has 2 aromatic rings. The summed E-state index contributed by atoms with van der Waals surface area (Å²) in [5.74, 6) is 0.708. The molecule has 1 saturated heterocycles. The van der Waals surface area contributed by atoms with E-state index in [4.69, 9.17) is 21.1 Å². The van der Waals surface area contributed by atoms with Gasteiger partial charge in [-0.15, -0.1) is 0 Å². The number of nitrogens with zero attached hydrogens (tertiary/aromatic N) is 1. The van der Waals surface area contributed by atoms with Crippen molar-refractivity contribution < 1.29 is 22.7 Å². The maximum absolute atomic E-state index is 12.7. The first-order chi connectivity index (χ1) is 13.9. The molecule has 7 nitrogen and oxygen atoms in total. The van der Waals surface area contributed by atoms with Crippen LogP contribution in [0.3, 0.4) is 0 Å². The molecule has 1 heterocycles. The molecule has 0 bridgehead atoms. The number of benzene rings is 2. The molecular weight excluding hydrogens is 416 g/mol. The van der Waals surface area contributed by atoms with E-state index in [0.29, 0.717) is 24.6 Å². The standard InChI is InChI=1S/C20H23ClN2O5S/c1-27-18-6-2-3-7-19(18)28-13-10-22-20(24)16-14-15(8-9-17(16)21)29(25,26)23-11-4-5-12-23/h2-3,6-9,14H,4-5,10-13H2,1H3,(H,22,24). The molecule has 2 aromatic carbocycles. The van der Waals surface area contributed by atoms with Gasteiger partial charge in [-0.2, -0.15) is 4.31 Å². The number of para-hydroxylation sites is 2. The largest absolute Gasteiger partial charge is 0.493 e. The highest BCUT2D eigenvalue weighted by Crippen LogP contribution is 2.26. The van der Waals surface area contributed by atoms with E-state index in [-0.39, 0.29) is 28.6 Å². The predicted octanol–water partition coefficient (Wildman–Crippen LogP) is 2.94. The molecule has 1 aliphatic heterocycles. The highest BCUT2D eigenvalue weighted by Gasteiger charge is 2.28. The van der Waals surface area contributed by atoms with Gasteiger partial charge in [-0.25, -0.2) is 8.42 Å². The molecule has 0 atom stereocenters. The molecule has 0 spiro atoms. The van der Waals surface area contributed by atoms with Gasteiger partial charge in [0.25, 0.3) is 5.91 Å². The normalized spacial score (nSPS) is 14.6. The number of methoxy groups -OCH3 is 1. The maximum Gasteiger partial charge on any atom is 0.252 e. The molecule has 29 heavy (non-hydrogen) atoms. The van der Waals surface area contributed by atoms with Crippen LogP contribution >= 0.6 is 11.6 Å². The van der Waals surface area contributed by atoms with Crippen molar-refractivity contribution in [3.05, 3.63) is 53.1 Å². The summed E-state index contributed by atoms with van der Waals surface area (Å²) < 4.78 is 37.7. The molecule has 3 rings (SSSR count). The van der Waals surface area contributed by atoms with Gasteiger partial charge in [0, 0.05) is 13.1 Å². The van der Waals surface area contributed by atoms with Crippen LogP contribution < -0.4 is 14.8 Å². The quantitative estimate of drug-likeness (QED) is 0.640. The summed E-state index contributed by atoms with van der Waals surface area (Å²) in [4.78, 5) is 12.6. The summed E-state index contributed by atoms with van der Waals surface area (Å²) in [6, 6.07) is 11.4. The van der Waals surface area contributed by atoms with Crippen molar-refractivity contribution >= 4 is 27.5 Å². The number of sulfonamides is 1. The second-order valence-electron chi connectivity index (χ2n) is 6.51. The molecular formula is C20H23ClN2O5S. The number of carbonyl (C=O) groups is 1. The van der Waals surface area contributed by atoms with Crippen molar-refractivity contribution in [3.63, 3.8) is 0 Å². The average molecular weight is 439 g/mol. The van der Waals surface area contributed by atoms with Gasteiger partial charge >= 0.3 is 0 Å². The van der Waals surface area contributed by atoms with Crippen LogP contribution in [0.25, 0.3) is 0 Å². The number of halogens is 1. The minimum atomic E-state index is -3.62. The van der Waals surface area contributed by atoms with Gasteiger partial charge in [0.2, 0.25) is 10.0 Å². The van der Waals surface area contributed by atoms with Gasteiger partial charge in [-0.3, -0.25) is 4.79 Å². The monoisotopic (exact) mass is 438 g/mol. The van der Waals surface area contributed by atoms with Gasteiger partial charge in [-0.1, -0.05) is 23.7 Å². The van der Waals surface area contributed by atoms with Crippen molar-refractivity contribution in [1.29, 1.82) is 0 Å². The highest BCUT2D eigenvalue weighted by molar-refractivity contribution is 7.89. The van der Waals surface area contributed by atoms with Crippen LogP contribution in [0.5, 0.6) is 11.5 Å². The lowest BCUT2D eigenvalue weighted by Gasteiger charge is -2.16. The molecule has 0 aromatic heterocycles. The number of rotatable bonds is 8. The average Bonchev–Trinajstić information content (AvgIpc) is 3.27. The van der Waals surface area contributed by atoms with Crippen molar-refractivity contribution in [2.24, 2.45) is 0 Å². The van der Waals surface area contributed by atoms with Gasteiger partial charge in [0.05, 0.1) is 29.1 Å². The van der Waals surface area contributed by atoms with Crippen LogP contribution in [0.2, 0.25) is 5.02 Å². The first kappa shape index (κ1) is 21.4. The summed E-state index contributed by atoms with van der Waals surface area (Å²) >= 11 is 6.13. The topological polar surface area (TPSA) is 84.9 Å². The third-order valence-corrected chi connectivity index (χ3v) is 6.82. The fourth-order valence-electron chi connectivity index (χ4n) is 3.08. The lowest BCUT2D eigenvalue weighted by Crippen LogP contribution is -2.30. The van der Waals surface area contributed by atoms with Crippen molar-refractivity contribution in [1.82, 2.24) is 9.62 Å². The lowest BCUT2D eigenvalue weighted by atomic mass is 10.2. The summed E-state index contributed by atoms with van der Waals surface area (Å²) in [6.07, 6.45) is 1.68. The number of hydrogen-bond donors (Lipinski definition) is 1. The minimum absolute atomic E-state index is 0.0687. The molecule has 0 radical (unpaired) electrons. The van der Waals surface area contributed by atoms with Gasteiger partial charge in [-0.05, 0) is 43.2 Å². The number of hydrogen-bond acceptors (Lipinski definition) is 5. The summed E-state index contributed by atoms with van der Waals surface area (Å²) in [5.41, 5.74) is 0.115. The number of ether oxygens (including phenoxy) is 2. The Morgan fingerprint density at radius 1 is 1.14 bits per heavy atom. The molecule has 1 aliphatic rings. The van der Waals surface area contributed by atoms with E-state index in [2.05, 4.69) is 5.32 Å². The second kappa shape index (κ2) is 9.47. The van der Waals surface area contributed by atoms with Gasteiger partial charge in [0.15, 0.2) is 11.5 Å². The number of nitrogens with one attached hydrogen (secondary N) is 1. The fourth-order valence-corrected chi connectivity index (χ4v) is 4.82. The summed E-state index contributed by atoms with van der Waals surface area (Å²) in [5, 5.41) is 2.89. The highest BCUT2D eigenvalue weighted by atomic mass is 35.5. The van der Waals surface area contributed by atoms with Crippen molar-refractivity contribution in [2.45, 2.75) is 17.7 Å². The van der Waals surface area contributed by atoms with E-state index >= 15 is 0 Å². The Bertz CT molecular complexity index is 975. The van der Waals surface area contributed by atoms with E-state index < -0.39 is 15.9 Å². The Labute approximate surface area is 175 Å². The van der Waals surface area contributed by atoms with E-state index in [1.807, 2.05) is 12.1 Å². The number of carbonyl (C=O) groups excluding carboxylic acids is 1. The Morgan fingerprint density at radius 2 is 1.83 bits per heavy atom. The van der Waals surface area contributed by atoms with Crippen LogP contribution in [-0.2, 0) is 10.0 Å². The van der Waals surface area contributed by atoms with Crippen molar-refractivity contribution in [3.8, 4) is 11.5 Å². The lowest BCUT2D eigenvalue weighted by molar-refractivity contribution is 0.0946. The fraction of sp³-hybridized carbons (Fsp3) is 0.350. The predicted molar refractivity (Wildman–Crippen MR) is 110 cm³/mol. The Balaban J connectivity index is 1.63. The van der Waals surface area contributed by atoms with Crippen molar-refractivity contribution in [2.75, 3.05) is 33.4 Å². The van der Waals surface area contributed by atoms with Crippen LogP contribution in [0.15, 0.2) is 47.4 Å². The molecule has 0 unspecified atom stereocenters. The summed E-state index contributed by atoms with van der Waals surface area (Å²) in [6.45, 7) is 1.42. The third-order valence-electron chi connectivity index (χ3n) is 4.60. The molecule has 0 aliphatic carbocycles. The first-order valence-corrected chi connectivity index (χ1v) is 11.1. The zero-order chi connectivity index (χ0) is 20.9. The third kappa shape index (κ3) is 5.01. The summed E-state index contributed by atoms with van der Waals surface area (Å²) in [7, 11) is -2.07. The van der Waals surface area contributed by atoms with E-state index in [1.165, 1.54) is 22.5 Å². The molecule has 156 valence electrons. The zero-order valence-corrected chi connectivity index (χ0v) is 17.6. The Kier molecular flexibility index (Phi) is 7.00. The van der Waals surface area contributed by atoms with E-state index in [0.717, 1.165) is 12.8 Å². The molecule has 0 saturated carbocycles. The molecule has 1 amide bonds. The first-order valence-electron chi connectivity index (χ1n) is 9.27. The van der Waals surface area contributed by atoms with Crippen LogP contribution in [-0.4, -0.2) is 52.0 Å². The van der Waals surface area contributed by atoms with Gasteiger partial charge < -0.3 is 14.8 Å². The SMILES string of the molecule is COc1ccccc1OCCNC(=O)c1cc(S(=O)(=O)N2CCCC2)ccc1Cl. The molecule has 1 fully saturated rings. The smallest absolute Gasteiger partial charge is 0.252 e. The van der Waals surface area contributed by atoms with Crippen LogP contribution in [0, 0.1) is 0 Å². The van der Waals surface area contributed by atoms with Crippen LogP contribution in [0.4, 0.5) is 0 Å². The molecule has 9 heteroatoms. The Hall–Kier alpha value is -2.29. The van der Waals surface area contributed by atoms with E-state index in [9.17, 15) is 13.2 Å². The Morgan fingerprint density at radius 3 is 2.52 bits per heavy atom.